The highest BCUT2D eigenvalue weighted by atomic mass is 16.5. The van der Waals surface area contributed by atoms with Gasteiger partial charge < -0.3 is 15.2 Å². The maximum atomic E-state index is 11.5. The van der Waals surface area contributed by atoms with E-state index in [1.165, 1.54) is 38.5 Å². The Morgan fingerprint density at radius 3 is 2.35 bits per heavy atom. The van der Waals surface area contributed by atoms with Crippen molar-refractivity contribution in [2.45, 2.75) is 51.4 Å². The molecule has 0 bridgehead atoms. The molecule has 1 aliphatic carbocycles. The van der Waals surface area contributed by atoms with Crippen molar-refractivity contribution in [3.8, 4) is 0 Å². The summed E-state index contributed by atoms with van der Waals surface area (Å²) in [7, 11) is 0. The summed E-state index contributed by atoms with van der Waals surface area (Å²) in [6.07, 6.45) is 9.82. The van der Waals surface area contributed by atoms with Crippen LogP contribution in [0.5, 0.6) is 0 Å². The summed E-state index contributed by atoms with van der Waals surface area (Å²) in [4.78, 5) is 11.5. The fraction of sp³-hybridized carbons (Fsp3) is 0.938. The third-order valence-electron chi connectivity index (χ3n) is 4.92. The SMILES string of the molecule is O=C(O)C(CNCC1CCCCCC1)C1CCOCC1. The second kappa shape index (κ2) is 8.63. The van der Waals surface area contributed by atoms with Crippen molar-refractivity contribution in [1.29, 1.82) is 0 Å². The van der Waals surface area contributed by atoms with Crippen LogP contribution >= 0.6 is 0 Å². The first kappa shape index (κ1) is 15.8. The number of hydrogen-bond acceptors (Lipinski definition) is 3. The summed E-state index contributed by atoms with van der Waals surface area (Å²) in [5, 5.41) is 12.9. The van der Waals surface area contributed by atoms with Crippen LogP contribution in [0.4, 0.5) is 0 Å². The van der Waals surface area contributed by atoms with Gasteiger partial charge in [0.15, 0.2) is 0 Å². The molecule has 1 saturated heterocycles. The normalized spacial score (nSPS) is 24.2. The maximum absolute atomic E-state index is 11.5. The smallest absolute Gasteiger partial charge is 0.308 e. The molecule has 1 heterocycles. The molecule has 0 aromatic heterocycles. The molecule has 1 unspecified atom stereocenters. The molecule has 4 heteroatoms. The van der Waals surface area contributed by atoms with Gasteiger partial charge in [-0.25, -0.2) is 0 Å². The summed E-state index contributed by atoms with van der Waals surface area (Å²) in [6.45, 7) is 3.05. The van der Waals surface area contributed by atoms with E-state index in [1.54, 1.807) is 0 Å². The van der Waals surface area contributed by atoms with E-state index >= 15 is 0 Å². The lowest BCUT2D eigenvalue weighted by Crippen LogP contribution is -2.38. The van der Waals surface area contributed by atoms with Crippen LogP contribution in [-0.2, 0) is 9.53 Å². The first-order valence-electron chi connectivity index (χ1n) is 8.28. The zero-order valence-corrected chi connectivity index (χ0v) is 12.5. The van der Waals surface area contributed by atoms with Gasteiger partial charge in [0, 0.05) is 19.8 Å². The molecular formula is C16H29NO3. The molecule has 0 aromatic carbocycles. The lowest BCUT2D eigenvalue weighted by atomic mass is 9.86. The number of aliphatic carboxylic acids is 1. The average Bonchev–Trinajstić information content (AvgIpc) is 2.73. The zero-order chi connectivity index (χ0) is 14.2. The molecule has 116 valence electrons. The van der Waals surface area contributed by atoms with Crippen LogP contribution in [0.3, 0.4) is 0 Å². The summed E-state index contributed by atoms with van der Waals surface area (Å²) in [5.41, 5.74) is 0. The van der Waals surface area contributed by atoms with Crippen molar-refractivity contribution in [2.24, 2.45) is 17.8 Å². The Kier molecular flexibility index (Phi) is 6.80. The standard InChI is InChI=1S/C16H29NO3/c18-16(19)15(14-7-9-20-10-8-14)12-17-11-13-5-3-1-2-4-6-13/h13-15,17H,1-12H2,(H,18,19). The topological polar surface area (TPSA) is 58.6 Å². The Labute approximate surface area is 122 Å². The van der Waals surface area contributed by atoms with E-state index in [0.717, 1.165) is 38.5 Å². The Hall–Kier alpha value is -0.610. The third-order valence-corrected chi connectivity index (χ3v) is 4.92. The third kappa shape index (κ3) is 5.06. The summed E-state index contributed by atoms with van der Waals surface area (Å²) < 4.78 is 5.33. The number of carboxylic acids is 1. The van der Waals surface area contributed by atoms with Crippen LogP contribution in [0.15, 0.2) is 0 Å². The van der Waals surface area contributed by atoms with Gasteiger partial charge in [-0.05, 0) is 44.1 Å². The highest BCUT2D eigenvalue weighted by molar-refractivity contribution is 5.70. The van der Waals surface area contributed by atoms with E-state index in [0.29, 0.717) is 6.54 Å². The van der Waals surface area contributed by atoms with E-state index < -0.39 is 5.97 Å². The highest BCUT2D eigenvalue weighted by Crippen LogP contribution is 2.25. The minimum atomic E-state index is -0.648. The Morgan fingerprint density at radius 2 is 1.75 bits per heavy atom. The Morgan fingerprint density at radius 1 is 1.10 bits per heavy atom. The molecule has 4 nitrogen and oxygen atoms in total. The number of carbonyl (C=O) groups is 1. The lowest BCUT2D eigenvalue weighted by Gasteiger charge is -2.28. The van der Waals surface area contributed by atoms with Gasteiger partial charge in [0.05, 0.1) is 5.92 Å². The van der Waals surface area contributed by atoms with Gasteiger partial charge in [0.2, 0.25) is 0 Å². The van der Waals surface area contributed by atoms with Crippen LogP contribution in [0, 0.1) is 17.8 Å². The van der Waals surface area contributed by atoms with Crippen molar-refractivity contribution in [3.63, 3.8) is 0 Å². The molecule has 2 aliphatic rings. The molecule has 2 fully saturated rings. The number of nitrogens with one attached hydrogen (secondary N) is 1. The molecule has 0 radical (unpaired) electrons. The van der Waals surface area contributed by atoms with Crippen LogP contribution in [-0.4, -0.2) is 37.4 Å². The second-order valence-electron chi connectivity index (χ2n) is 6.41. The van der Waals surface area contributed by atoms with Gasteiger partial charge in [-0.15, -0.1) is 0 Å². The monoisotopic (exact) mass is 283 g/mol. The molecular weight excluding hydrogens is 254 g/mol. The van der Waals surface area contributed by atoms with Crippen LogP contribution in [0.25, 0.3) is 0 Å². The largest absolute Gasteiger partial charge is 0.481 e. The van der Waals surface area contributed by atoms with Crippen LogP contribution in [0.2, 0.25) is 0 Å². The summed E-state index contributed by atoms with van der Waals surface area (Å²) in [6, 6.07) is 0. The van der Waals surface area contributed by atoms with E-state index in [-0.39, 0.29) is 11.8 Å². The predicted molar refractivity (Wildman–Crippen MR) is 78.7 cm³/mol. The van der Waals surface area contributed by atoms with Crippen molar-refractivity contribution >= 4 is 5.97 Å². The minimum Gasteiger partial charge on any atom is -0.481 e. The van der Waals surface area contributed by atoms with E-state index in [9.17, 15) is 9.90 Å². The summed E-state index contributed by atoms with van der Waals surface area (Å²) >= 11 is 0. The van der Waals surface area contributed by atoms with Gasteiger partial charge >= 0.3 is 5.97 Å². The van der Waals surface area contributed by atoms with E-state index in [1.807, 2.05) is 0 Å². The fourth-order valence-corrected chi connectivity index (χ4v) is 3.58. The number of ether oxygens (including phenoxy) is 1. The molecule has 2 N–H and O–H groups in total. The molecule has 1 atom stereocenters. The van der Waals surface area contributed by atoms with Crippen LogP contribution < -0.4 is 5.32 Å². The number of rotatable bonds is 6. The first-order chi connectivity index (χ1) is 9.77. The second-order valence-corrected chi connectivity index (χ2v) is 6.41. The summed E-state index contributed by atoms with van der Waals surface area (Å²) in [5.74, 6) is 0.138. The first-order valence-corrected chi connectivity index (χ1v) is 8.28. The highest BCUT2D eigenvalue weighted by Gasteiger charge is 2.29. The maximum Gasteiger partial charge on any atom is 0.308 e. The fourth-order valence-electron chi connectivity index (χ4n) is 3.58. The average molecular weight is 283 g/mol. The molecule has 0 amide bonds. The van der Waals surface area contributed by atoms with Crippen molar-refractivity contribution < 1.29 is 14.6 Å². The quantitative estimate of drug-likeness (QED) is 0.736. The number of carboxylic acid groups (broad SMARTS) is 1. The minimum absolute atomic E-state index is 0.246. The molecule has 1 aliphatic heterocycles. The Balaban J connectivity index is 1.72. The van der Waals surface area contributed by atoms with Crippen LogP contribution in [0.1, 0.15) is 51.4 Å². The van der Waals surface area contributed by atoms with Gasteiger partial charge in [-0.1, -0.05) is 25.7 Å². The molecule has 20 heavy (non-hydrogen) atoms. The van der Waals surface area contributed by atoms with Crippen molar-refractivity contribution in [3.05, 3.63) is 0 Å². The molecule has 0 spiro atoms. The molecule has 2 rings (SSSR count). The number of hydrogen-bond donors (Lipinski definition) is 2. The van der Waals surface area contributed by atoms with Gasteiger partial charge in [-0.3, -0.25) is 4.79 Å². The van der Waals surface area contributed by atoms with E-state index in [4.69, 9.17) is 4.74 Å². The van der Waals surface area contributed by atoms with Gasteiger partial charge in [0.25, 0.3) is 0 Å². The van der Waals surface area contributed by atoms with Gasteiger partial charge in [-0.2, -0.15) is 0 Å². The van der Waals surface area contributed by atoms with E-state index in [2.05, 4.69) is 5.32 Å². The predicted octanol–water partition coefficient (Wildman–Crippen LogP) is 2.67. The van der Waals surface area contributed by atoms with Crippen molar-refractivity contribution in [2.75, 3.05) is 26.3 Å². The molecule has 0 aromatic rings. The molecule has 1 saturated carbocycles. The Bertz CT molecular complexity index is 281. The van der Waals surface area contributed by atoms with Crippen molar-refractivity contribution in [1.82, 2.24) is 5.32 Å². The lowest BCUT2D eigenvalue weighted by molar-refractivity contribution is -0.144. The zero-order valence-electron chi connectivity index (χ0n) is 12.5. The van der Waals surface area contributed by atoms with Gasteiger partial charge in [0.1, 0.15) is 0 Å².